The van der Waals surface area contributed by atoms with E-state index in [0.29, 0.717) is 10.8 Å². The lowest BCUT2D eigenvalue weighted by molar-refractivity contribution is 0.630. The van der Waals surface area contributed by atoms with Gasteiger partial charge in [0.05, 0.1) is 11.4 Å². The minimum Gasteiger partial charge on any atom is -0.332 e. The lowest BCUT2D eigenvalue weighted by Crippen LogP contribution is -2.26. The Labute approximate surface area is 170 Å². The maximum Gasteiger partial charge on any atom is 0.295 e. The van der Waals surface area contributed by atoms with E-state index in [0.717, 1.165) is 29.9 Å². The first-order valence-electron chi connectivity index (χ1n) is 9.59. The Morgan fingerprint density at radius 3 is 2.54 bits per heavy atom. The molecule has 6 heteroatoms. The van der Waals surface area contributed by atoms with Crippen molar-refractivity contribution in [2.24, 2.45) is 7.05 Å². The van der Waals surface area contributed by atoms with Crippen molar-refractivity contribution in [3.63, 3.8) is 0 Å². The maximum absolute atomic E-state index is 13.0. The fourth-order valence-electron chi connectivity index (χ4n) is 3.88. The molecule has 0 fully saturated rings. The number of aromatic nitrogens is 2. The maximum atomic E-state index is 13.0. The van der Waals surface area contributed by atoms with Crippen LogP contribution in [0.2, 0.25) is 0 Å². The van der Waals surface area contributed by atoms with Gasteiger partial charge in [-0.3, -0.25) is 9.48 Å². The molecule has 1 aromatic heterocycles. The molecular formula is C22H24N4OS. The van der Waals surface area contributed by atoms with E-state index >= 15 is 0 Å². The highest BCUT2D eigenvalue weighted by molar-refractivity contribution is 7.80. The Bertz CT molecular complexity index is 1080. The Morgan fingerprint density at radius 2 is 1.75 bits per heavy atom. The molecule has 0 saturated carbocycles. The number of hydrogen-bond acceptors (Lipinski definition) is 2. The molecule has 0 saturated heterocycles. The van der Waals surface area contributed by atoms with Crippen molar-refractivity contribution < 1.29 is 0 Å². The van der Waals surface area contributed by atoms with Gasteiger partial charge in [0.2, 0.25) is 0 Å². The standard InChI is InChI=1S/C22H24N4OS/c1-15-20(21(27)26(25(15)2)17-11-4-3-5-12-17)24-22(28)23-19-14-8-10-16-9-6-7-13-18(16)19/h3-5,8,10-12,14H,6-7,9,13H2,1-2H3,(H2,23,24,28). The topological polar surface area (TPSA) is 51.0 Å². The highest BCUT2D eigenvalue weighted by Gasteiger charge is 2.18. The number of thiocarbonyl (C=S) groups is 1. The fourth-order valence-corrected chi connectivity index (χ4v) is 4.09. The Hall–Kier alpha value is -2.86. The molecular weight excluding hydrogens is 368 g/mol. The minimum absolute atomic E-state index is 0.120. The van der Waals surface area contributed by atoms with Gasteiger partial charge in [-0.2, -0.15) is 0 Å². The third-order valence-corrected chi connectivity index (χ3v) is 5.64. The summed E-state index contributed by atoms with van der Waals surface area (Å²) < 4.78 is 3.48. The number of anilines is 2. The number of nitrogens with one attached hydrogen (secondary N) is 2. The van der Waals surface area contributed by atoms with Crippen LogP contribution in [-0.2, 0) is 19.9 Å². The van der Waals surface area contributed by atoms with Crippen molar-refractivity contribution >= 4 is 28.7 Å². The number of nitrogens with zero attached hydrogens (tertiary/aromatic N) is 2. The quantitative estimate of drug-likeness (QED) is 0.657. The van der Waals surface area contributed by atoms with Gasteiger partial charge in [0, 0.05) is 12.7 Å². The first kappa shape index (κ1) is 18.5. The van der Waals surface area contributed by atoms with Gasteiger partial charge in [0.1, 0.15) is 5.69 Å². The molecule has 0 atom stereocenters. The fraction of sp³-hybridized carbons (Fsp3) is 0.273. The third-order valence-electron chi connectivity index (χ3n) is 5.44. The summed E-state index contributed by atoms with van der Waals surface area (Å²) in [6, 6.07) is 15.9. The SMILES string of the molecule is Cc1c(NC(=S)Nc2cccc3c2CCCC3)c(=O)n(-c2ccccc2)n1C. The Kier molecular flexibility index (Phi) is 5.05. The lowest BCUT2D eigenvalue weighted by atomic mass is 9.90. The van der Waals surface area contributed by atoms with Crippen LogP contribution in [0, 0.1) is 6.92 Å². The van der Waals surface area contributed by atoms with Gasteiger partial charge < -0.3 is 10.6 Å². The minimum atomic E-state index is -0.120. The van der Waals surface area contributed by atoms with Gasteiger partial charge in [0.25, 0.3) is 5.56 Å². The zero-order valence-electron chi connectivity index (χ0n) is 16.2. The number of hydrogen-bond donors (Lipinski definition) is 2. The summed E-state index contributed by atoms with van der Waals surface area (Å²) >= 11 is 5.53. The predicted octanol–water partition coefficient (Wildman–Crippen LogP) is 4.17. The van der Waals surface area contributed by atoms with E-state index in [2.05, 4.69) is 28.8 Å². The number of para-hydroxylation sites is 1. The molecule has 1 aliphatic rings. The predicted molar refractivity (Wildman–Crippen MR) is 119 cm³/mol. The second-order valence-electron chi connectivity index (χ2n) is 7.17. The average molecular weight is 393 g/mol. The monoisotopic (exact) mass is 392 g/mol. The Balaban J connectivity index is 1.60. The average Bonchev–Trinajstić information content (AvgIpc) is 2.92. The summed E-state index contributed by atoms with van der Waals surface area (Å²) in [6.07, 6.45) is 4.61. The van der Waals surface area contributed by atoms with E-state index in [1.54, 1.807) is 4.68 Å². The summed E-state index contributed by atoms with van der Waals surface area (Å²) in [7, 11) is 1.87. The normalized spacial score (nSPS) is 13.1. The van der Waals surface area contributed by atoms with Crippen molar-refractivity contribution in [2.75, 3.05) is 10.6 Å². The largest absolute Gasteiger partial charge is 0.332 e. The van der Waals surface area contributed by atoms with Crippen LogP contribution in [0.5, 0.6) is 0 Å². The van der Waals surface area contributed by atoms with Crippen LogP contribution in [0.1, 0.15) is 29.7 Å². The van der Waals surface area contributed by atoms with Gasteiger partial charge in [-0.15, -0.1) is 0 Å². The smallest absolute Gasteiger partial charge is 0.295 e. The van der Waals surface area contributed by atoms with Crippen LogP contribution < -0.4 is 16.2 Å². The highest BCUT2D eigenvalue weighted by Crippen LogP contribution is 2.28. The molecule has 144 valence electrons. The molecule has 28 heavy (non-hydrogen) atoms. The number of aryl methyl sites for hydroxylation is 1. The molecule has 5 nitrogen and oxygen atoms in total. The number of fused-ring (bicyclic) bond motifs is 1. The molecule has 3 aromatic rings. The number of benzene rings is 2. The van der Waals surface area contributed by atoms with E-state index in [-0.39, 0.29) is 5.56 Å². The van der Waals surface area contributed by atoms with Crippen LogP contribution >= 0.6 is 12.2 Å². The highest BCUT2D eigenvalue weighted by atomic mass is 32.1. The van der Waals surface area contributed by atoms with Crippen LogP contribution in [0.3, 0.4) is 0 Å². The van der Waals surface area contributed by atoms with Crippen molar-refractivity contribution in [1.82, 2.24) is 9.36 Å². The number of rotatable bonds is 3. The molecule has 2 aromatic carbocycles. The molecule has 1 heterocycles. The van der Waals surface area contributed by atoms with Crippen LogP contribution in [0.25, 0.3) is 5.69 Å². The molecule has 2 N–H and O–H groups in total. The van der Waals surface area contributed by atoms with E-state index in [1.165, 1.54) is 24.0 Å². The van der Waals surface area contributed by atoms with E-state index < -0.39 is 0 Å². The second-order valence-corrected chi connectivity index (χ2v) is 7.57. The molecule has 0 aliphatic heterocycles. The molecule has 0 unspecified atom stereocenters. The van der Waals surface area contributed by atoms with Gasteiger partial charge in [0.15, 0.2) is 5.11 Å². The van der Waals surface area contributed by atoms with E-state index in [9.17, 15) is 4.79 Å². The van der Waals surface area contributed by atoms with Gasteiger partial charge in [-0.25, -0.2) is 4.68 Å². The summed E-state index contributed by atoms with van der Waals surface area (Å²) in [4.78, 5) is 13.0. The molecule has 4 rings (SSSR count). The van der Waals surface area contributed by atoms with Crippen molar-refractivity contribution in [3.8, 4) is 5.69 Å². The van der Waals surface area contributed by atoms with Crippen LogP contribution in [0.15, 0.2) is 53.3 Å². The van der Waals surface area contributed by atoms with Gasteiger partial charge in [-0.1, -0.05) is 30.3 Å². The van der Waals surface area contributed by atoms with E-state index in [1.807, 2.05) is 49.0 Å². The second kappa shape index (κ2) is 7.64. The molecule has 0 spiro atoms. The summed E-state index contributed by atoms with van der Waals surface area (Å²) in [5, 5.41) is 6.87. The lowest BCUT2D eigenvalue weighted by Gasteiger charge is -2.20. The van der Waals surface area contributed by atoms with E-state index in [4.69, 9.17) is 12.2 Å². The summed E-state index contributed by atoms with van der Waals surface area (Å²) in [6.45, 7) is 1.91. The van der Waals surface area contributed by atoms with Crippen molar-refractivity contribution in [1.29, 1.82) is 0 Å². The molecule has 1 aliphatic carbocycles. The van der Waals surface area contributed by atoms with Crippen LogP contribution in [-0.4, -0.2) is 14.5 Å². The summed E-state index contributed by atoms with van der Waals surface area (Å²) in [5.74, 6) is 0. The van der Waals surface area contributed by atoms with Crippen molar-refractivity contribution in [2.45, 2.75) is 32.6 Å². The zero-order valence-corrected chi connectivity index (χ0v) is 17.0. The van der Waals surface area contributed by atoms with Gasteiger partial charge in [-0.05, 0) is 74.2 Å². The first-order chi connectivity index (χ1) is 13.6. The molecule has 0 bridgehead atoms. The van der Waals surface area contributed by atoms with Crippen LogP contribution in [0.4, 0.5) is 11.4 Å². The zero-order chi connectivity index (χ0) is 19.7. The summed E-state index contributed by atoms with van der Waals surface area (Å²) in [5.41, 5.74) is 5.78. The first-order valence-corrected chi connectivity index (χ1v) is 10.00. The Morgan fingerprint density at radius 1 is 1.00 bits per heavy atom. The third kappa shape index (κ3) is 3.36. The molecule has 0 radical (unpaired) electrons. The van der Waals surface area contributed by atoms with Crippen molar-refractivity contribution in [3.05, 3.63) is 75.7 Å². The molecule has 0 amide bonds. The van der Waals surface area contributed by atoms with Gasteiger partial charge >= 0.3 is 0 Å².